The average molecular weight is 331 g/mol. The molecule has 1 fully saturated rings. The molecule has 3 nitrogen and oxygen atoms in total. The van der Waals surface area contributed by atoms with Crippen LogP contribution in [-0.4, -0.2) is 35.2 Å². The molecule has 1 heterocycles. The van der Waals surface area contributed by atoms with Crippen LogP contribution >= 0.6 is 23.2 Å². The van der Waals surface area contributed by atoms with Crippen molar-refractivity contribution in [2.45, 2.75) is 44.9 Å². The first-order valence-electron chi connectivity index (χ1n) is 7.57. The number of benzene rings is 1. The third-order valence-corrected chi connectivity index (χ3v) is 4.85. The molecule has 3 unspecified atom stereocenters. The zero-order valence-corrected chi connectivity index (χ0v) is 13.9. The Hall–Kier alpha value is -0.320. The first kappa shape index (κ1) is 17.0. The molecule has 118 valence electrons. The van der Waals surface area contributed by atoms with Crippen LogP contribution in [-0.2, 0) is 6.54 Å². The molecule has 3 atom stereocenters. The molecule has 2 rings (SSSR count). The van der Waals surface area contributed by atoms with E-state index in [2.05, 4.69) is 4.90 Å². The minimum atomic E-state index is -0.216. The molecule has 5 heteroatoms. The average Bonchev–Trinajstić information content (AvgIpc) is 2.42. The van der Waals surface area contributed by atoms with E-state index in [1.807, 2.05) is 25.1 Å². The largest absolute Gasteiger partial charge is 0.393 e. The van der Waals surface area contributed by atoms with E-state index in [0.29, 0.717) is 16.0 Å². The van der Waals surface area contributed by atoms with E-state index in [-0.39, 0.29) is 12.1 Å². The quantitative estimate of drug-likeness (QED) is 0.870. The lowest BCUT2D eigenvalue weighted by molar-refractivity contribution is 0.0876. The van der Waals surface area contributed by atoms with Crippen molar-refractivity contribution in [3.8, 4) is 0 Å². The highest BCUT2D eigenvalue weighted by atomic mass is 35.5. The molecular weight excluding hydrogens is 307 g/mol. The lowest BCUT2D eigenvalue weighted by Gasteiger charge is -2.37. The third-order valence-electron chi connectivity index (χ3n) is 4.11. The smallest absolute Gasteiger partial charge is 0.0595 e. The van der Waals surface area contributed by atoms with Gasteiger partial charge in [0.25, 0.3) is 0 Å². The number of piperidine rings is 1. The molecular formula is C16H24Cl2N2O. The van der Waals surface area contributed by atoms with Crippen LogP contribution in [0.15, 0.2) is 18.2 Å². The van der Waals surface area contributed by atoms with Crippen LogP contribution in [0.5, 0.6) is 0 Å². The Morgan fingerprint density at radius 3 is 2.76 bits per heavy atom. The second-order valence-corrected chi connectivity index (χ2v) is 6.92. The fourth-order valence-electron chi connectivity index (χ4n) is 3.10. The summed E-state index contributed by atoms with van der Waals surface area (Å²) in [5, 5.41) is 11.0. The molecule has 0 amide bonds. The van der Waals surface area contributed by atoms with Gasteiger partial charge in [0.15, 0.2) is 0 Å². The standard InChI is InChI=1S/C16H24Cl2N2O/c1-2-14(21)6-12-5-13(19)10-20(9-12)8-11-3-4-15(17)16(18)7-11/h3-4,7,12-14,21H,2,5-6,8-10,19H2,1H3. The molecule has 1 aliphatic rings. The Kier molecular flexibility index (Phi) is 6.33. The van der Waals surface area contributed by atoms with E-state index in [1.165, 1.54) is 0 Å². The van der Waals surface area contributed by atoms with Crippen LogP contribution in [0.25, 0.3) is 0 Å². The molecule has 0 aliphatic carbocycles. The normalized spacial score (nSPS) is 25.0. The summed E-state index contributed by atoms with van der Waals surface area (Å²) in [5.74, 6) is 0.464. The van der Waals surface area contributed by atoms with Gasteiger partial charge in [-0.3, -0.25) is 4.90 Å². The monoisotopic (exact) mass is 330 g/mol. The highest BCUT2D eigenvalue weighted by Crippen LogP contribution is 2.26. The molecule has 0 bridgehead atoms. The Morgan fingerprint density at radius 2 is 2.10 bits per heavy atom. The van der Waals surface area contributed by atoms with Crippen LogP contribution in [0.3, 0.4) is 0 Å². The summed E-state index contributed by atoms with van der Waals surface area (Å²) >= 11 is 12.0. The summed E-state index contributed by atoms with van der Waals surface area (Å²) in [6.45, 7) is 4.70. The van der Waals surface area contributed by atoms with Crippen molar-refractivity contribution < 1.29 is 5.11 Å². The SMILES string of the molecule is CCC(O)CC1CC(N)CN(Cc2ccc(Cl)c(Cl)c2)C1. The lowest BCUT2D eigenvalue weighted by atomic mass is 9.89. The first-order valence-corrected chi connectivity index (χ1v) is 8.33. The van der Waals surface area contributed by atoms with Crippen LogP contribution in [0.1, 0.15) is 31.7 Å². The van der Waals surface area contributed by atoms with Gasteiger partial charge in [-0.15, -0.1) is 0 Å². The summed E-state index contributed by atoms with van der Waals surface area (Å²) in [4.78, 5) is 2.35. The molecule has 0 spiro atoms. The Bertz CT molecular complexity index is 470. The van der Waals surface area contributed by atoms with Gasteiger partial charge in [-0.25, -0.2) is 0 Å². The van der Waals surface area contributed by atoms with Crippen LogP contribution in [0.2, 0.25) is 10.0 Å². The van der Waals surface area contributed by atoms with E-state index in [4.69, 9.17) is 28.9 Å². The molecule has 0 aromatic heterocycles. The van der Waals surface area contributed by atoms with Crippen molar-refractivity contribution in [2.24, 2.45) is 11.7 Å². The van der Waals surface area contributed by atoms with Gasteiger partial charge < -0.3 is 10.8 Å². The maximum atomic E-state index is 9.85. The Morgan fingerprint density at radius 1 is 1.33 bits per heavy atom. The molecule has 0 radical (unpaired) electrons. The minimum Gasteiger partial charge on any atom is -0.393 e. The van der Waals surface area contributed by atoms with Crippen molar-refractivity contribution in [3.63, 3.8) is 0 Å². The van der Waals surface area contributed by atoms with E-state index in [0.717, 1.165) is 44.5 Å². The fourth-order valence-corrected chi connectivity index (χ4v) is 3.42. The predicted molar refractivity (Wildman–Crippen MR) is 88.7 cm³/mol. The molecule has 1 aromatic rings. The zero-order valence-electron chi connectivity index (χ0n) is 12.4. The molecule has 3 N–H and O–H groups in total. The number of rotatable bonds is 5. The van der Waals surface area contributed by atoms with E-state index in [1.54, 1.807) is 0 Å². The van der Waals surface area contributed by atoms with Crippen molar-refractivity contribution in [2.75, 3.05) is 13.1 Å². The minimum absolute atomic E-state index is 0.176. The summed E-state index contributed by atoms with van der Waals surface area (Å²) in [6.07, 6.45) is 2.42. The molecule has 1 saturated heterocycles. The van der Waals surface area contributed by atoms with Gasteiger partial charge in [0.05, 0.1) is 16.1 Å². The van der Waals surface area contributed by atoms with Crippen molar-refractivity contribution in [1.82, 2.24) is 4.90 Å². The van der Waals surface area contributed by atoms with Crippen molar-refractivity contribution in [1.29, 1.82) is 0 Å². The van der Waals surface area contributed by atoms with Gasteiger partial charge in [0.1, 0.15) is 0 Å². The summed E-state index contributed by atoms with van der Waals surface area (Å²) < 4.78 is 0. The summed E-state index contributed by atoms with van der Waals surface area (Å²) in [7, 11) is 0. The Balaban J connectivity index is 1.96. The molecule has 0 saturated carbocycles. The third kappa shape index (κ3) is 5.11. The van der Waals surface area contributed by atoms with Crippen molar-refractivity contribution in [3.05, 3.63) is 33.8 Å². The van der Waals surface area contributed by atoms with Gasteiger partial charge in [-0.2, -0.15) is 0 Å². The predicted octanol–water partition coefficient (Wildman–Crippen LogP) is 3.30. The molecule has 1 aliphatic heterocycles. The number of aliphatic hydroxyl groups is 1. The van der Waals surface area contributed by atoms with Crippen LogP contribution in [0, 0.1) is 5.92 Å². The zero-order chi connectivity index (χ0) is 15.4. The van der Waals surface area contributed by atoms with Gasteiger partial charge >= 0.3 is 0 Å². The highest BCUT2D eigenvalue weighted by Gasteiger charge is 2.26. The second kappa shape index (κ2) is 7.80. The number of nitrogens with two attached hydrogens (primary N) is 1. The molecule has 1 aromatic carbocycles. The number of aliphatic hydroxyl groups excluding tert-OH is 1. The van der Waals surface area contributed by atoms with E-state index < -0.39 is 0 Å². The van der Waals surface area contributed by atoms with Crippen LogP contribution in [0.4, 0.5) is 0 Å². The van der Waals surface area contributed by atoms with Gasteiger partial charge in [0.2, 0.25) is 0 Å². The summed E-state index contributed by atoms with van der Waals surface area (Å²) in [6, 6.07) is 5.93. The van der Waals surface area contributed by atoms with E-state index in [9.17, 15) is 5.11 Å². The number of likely N-dealkylation sites (tertiary alicyclic amines) is 1. The van der Waals surface area contributed by atoms with Gasteiger partial charge in [0, 0.05) is 25.7 Å². The summed E-state index contributed by atoms with van der Waals surface area (Å²) in [5.41, 5.74) is 7.32. The first-order chi connectivity index (χ1) is 9.97. The van der Waals surface area contributed by atoms with Gasteiger partial charge in [-0.1, -0.05) is 36.2 Å². The topological polar surface area (TPSA) is 49.5 Å². The van der Waals surface area contributed by atoms with Crippen molar-refractivity contribution >= 4 is 23.2 Å². The van der Waals surface area contributed by atoms with Crippen LogP contribution < -0.4 is 5.73 Å². The maximum Gasteiger partial charge on any atom is 0.0595 e. The lowest BCUT2D eigenvalue weighted by Crippen LogP contribution is -2.47. The van der Waals surface area contributed by atoms with E-state index >= 15 is 0 Å². The second-order valence-electron chi connectivity index (χ2n) is 6.10. The fraction of sp³-hybridized carbons (Fsp3) is 0.625. The molecule has 21 heavy (non-hydrogen) atoms. The number of hydrogen-bond acceptors (Lipinski definition) is 3. The highest BCUT2D eigenvalue weighted by molar-refractivity contribution is 6.42. The van der Waals surface area contributed by atoms with Gasteiger partial charge in [-0.05, 0) is 42.9 Å². The number of halogens is 2. The Labute approximate surface area is 137 Å². The number of nitrogens with zero attached hydrogens (tertiary/aromatic N) is 1. The maximum absolute atomic E-state index is 9.85. The number of hydrogen-bond donors (Lipinski definition) is 2.